The van der Waals surface area contributed by atoms with E-state index >= 15 is 0 Å². The lowest BCUT2D eigenvalue weighted by Gasteiger charge is -2.03. The van der Waals surface area contributed by atoms with E-state index < -0.39 is 5.97 Å². The first-order valence-corrected chi connectivity index (χ1v) is 9.07. The van der Waals surface area contributed by atoms with Crippen molar-refractivity contribution in [2.45, 2.75) is 18.4 Å². The first kappa shape index (κ1) is 18.3. The van der Waals surface area contributed by atoms with Gasteiger partial charge in [0.1, 0.15) is 17.8 Å². The van der Waals surface area contributed by atoms with E-state index in [2.05, 4.69) is 20.3 Å². The molecule has 2 heterocycles. The Bertz CT molecular complexity index is 962. The van der Waals surface area contributed by atoms with Crippen LogP contribution in [0.4, 0.5) is 0 Å². The number of halogens is 1. The maximum absolute atomic E-state index is 11.9. The molecule has 0 radical (unpaired) electrons. The first-order chi connectivity index (χ1) is 12.6. The maximum Gasteiger partial charge on any atom is 0.313 e. The van der Waals surface area contributed by atoms with Gasteiger partial charge in [0, 0.05) is 5.02 Å². The Morgan fingerprint density at radius 3 is 2.92 bits per heavy atom. The molecule has 0 aliphatic carbocycles. The third kappa shape index (κ3) is 4.17. The second-order valence-corrected chi connectivity index (χ2v) is 6.54. The highest BCUT2D eigenvalue weighted by atomic mass is 35.5. The van der Waals surface area contributed by atoms with E-state index in [4.69, 9.17) is 16.3 Å². The minimum absolute atomic E-state index is 0.0783. The lowest BCUT2D eigenvalue weighted by Crippen LogP contribution is -2.12. The van der Waals surface area contributed by atoms with E-state index in [0.717, 1.165) is 0 Å². The first-order valence-electron chi connectivity index (χ1n) is 7.71. The van der Waals surface area contributed by atoms with Gasteiger partial charge in [-0.3, -0.25) is 9.59 Å². The average molecular weight is 392 g/mol. The molecular weight excluding hydrogens is 378 g/mol. The van der Waals surface area contributed by atoms with Crippen LogP contribution in [-0.4, -0.2) is 49.1 Å². The predicted octanol–water partition coefficient (Wildman–Crippen LogP) is 2.48. The Labute approximate surface area is 157 Å². The van der Waals surface area contributed by atoms with Crippen molar-refractivity contribution in [3.8, 4) is 5.69 Å². The second kappa shape index (κ2) is 8.24. The summed E-state index contributed by atoms with van der Waals surface area (Å²) in [5.41, 5.74) is 1.69. The van der Waals surface area contributed by atoms with Gasteiger partial charge in [-0.1, -0.05) is 34.6 Å². The molecule has 0 aliphatic heterocycles. The molecule has 1 aromatic carbocycles. The van der Waals surface area contributed by atoms with E-state index in [9.17, 15) is 9.59 Å². The van der Waals surface area contributed by atoms with Crippen molar-refractivity contribution < 1.29 is 14.3 Å². The van der Waals surface area contributed by atoms with Crippen LogP contribution in [0, 0.1) is 0 Å². The number of benzene rings is 1. The molecule has 0 spiro atoms. The summed E-state index contributed by atoms with van der Waals surface area (Å²) in [6.07, 6.45) is 1.12. The monoisotopic (exact) mass is 391 g/mol. The van der Waals surface area contributed by atoms with Gasteiger partial charge in [-0.15, -0.1) is 5.10 Å². The van der Waals surface area contributed by atoms with Gasteiger partial charge in [-0.05, 0) is 25.1 Å². The quantitative estimate of drug-likeness (QED) is 0.262. The fourth-order valence-electron chi connectivity index (χ4n) is 2.19. The number of fused-ring (bicyclic) bond motifs is 1. The van der Waals surface area contributed by atoms with Crippen LogP contribution in [0.2, 0.25) is 5.02 Å². The number of aromatic nitrogens is 5. The van der Waals surface area contributed by atoms with Gasteiger partial charge in [0.25, 0.3) is 0 Å². The number of thioether (sulfide) groups is 1. The summed E-state index contributed by atoms with van der Waals surface area (Å²) >= 11 is 7.20. The van der Waals surface area contributed by atoms with Crippen molar-refractivity contribution in [1.82, 2.24) is 25.0 Å². The number of ketones is 1. The maximum atomic E-state index is 11.9. The number of Topliss-reactive ketones (excluding diaryl/α,β-unsaturated/α-hetero) is 1. The number of nitrogens with zero attached hydrogens (tertiary/aromatic N) is 5. The summed E-state index contributed by atoms with van der Waals surface area (Å²) in [6.45, 7) is 1.94. The molecule has 26 heavy (non-hydrogen) atoms. The number of hydrogen-bond acceptors (Lipinski definition) is 8. The highest BCUT2D eigenvalue weighted by Gasteiger charge is 2.16. The van der Waals surface area contributed by atoms with Gasteiger partial charge in [0.15, 0.2) is 16.9 Å². The zero-order chi connectivity index (χ0) is 18.5. The topological polar surface area (TPSA) is 99.9 Å². The summed E-state index contributed by atoms with van der Waals surface area (Å²) in [5, 5.41) is 9.30. The van der Waals surface area contributed by atoms with E-state index in [1.54, 1.807) is 29.8 Å². The molecule has 0 atom stereocenters. The van der Waals surface area contributed by atoms with E-state index in [1.807, 2.05) is 6.07 Å². The number of rotatable bonds is 7. The third-order valence-corrected chi connectivity index (χ3v) is 4.55. The molecule has 10 heteroatoms. The predicted molar refractivity (Wildman–Crippen MR) is 96.4 cm³/mol. The van der Waals surface area contributed by atoms with Crippen molar-refractivity contribution in [3.05, 3.63) is 35.6 Å². The van der Waals surface area contributed by atoms with Crippen molar-refractivity contribution in [1.29, 1.82) is 0 Å². The third-order valence-electron chi connectivity index (χ3n) is 3.27. The molecule has 134 valence electrons. The molecule has 0 saturated carbocycles. The lowest BCUT2D eigenvalue weighted by molar-refractivity contribution is -0.145. The second-order valence-electron chi connectivity index (χ2n) is 5.14. The number of carbonyl (C=O) groups is 2. The summed E-state index contributed by atoms with van der Waals surface area (Å²) in [6, 6.07) is 7.14. The molecule has 2 aromatic heterocycles. The Balaban J connectivity index is 1.78. The van der Waals surface area contributed by atoms with Gasteiger partial charge in [-0.2, -0.15) is 4.68 Å². The van der Waals surface area contributed by atoms with Crippen LogP contribution in [0.15, 0.2) is 35.6 Å². The number of ether oxygens (including phenoxy) is 1. The van der Waals surface area contributed by atoms with Gasteiger partial charge in [-0.25, -0.2) is 9.97 Å². The van der Waals surface area contributed by atoms with Crippen LogP contribution < -0.4 is 0 Å². The van der Waals surface area contributed by atoms with Crippen molar-refractivity contribution in [3.63, 3.8) is 0 Å². The normalized spacial score (nSPS) is 10.8. The largest absolute Gasteiger partial charge is 0.466 e. The molecule has 0 bridgehead atoms. The van der Waals surface area contributed by atoms with E-state index in [-0.39, 0.29) is 24.6 Å². The molecule has 0 amide bonds. The van der Waals surface area contributed by atoms with Crippen molar-refractivity contribution in [2.24, 2.45) is 0 Å². The molecule has 0 aliphatic rings. The summed E-state index contributed by atoms with van der Waals surface area (Å²) < 4.78 is 6.31. The fourth-order valence-corrected chi connectivity index (χ4v) is 3.16. The summed E-state index contributed by atoms with van der Waals surface area (Å²) in [4.78, 5) is 31.6. The summed E-state index contributed by atoms with van der Waals surface area (Å²) in [7, 11) is 0. The summed E-state index contributed by atoms with van der Waals surface area (Å²) in [5.74, 6) is -0.699. The van der Waals surface area contributed by atoms with Crippen LogP contribution >= 0.6 is 23.4 Å². The Hall–Kier alpha value is -2.52. The Kier molecular flexibility index (Phi) is 5.79. The molecule has 0 N–H and O–H groups in total. The number of hydrogen-bond donors (Lipinski definition) is 0. The molecule has 8 nitrogen and oxygen atoms in total. The SMILES string of the molecule is CCOC(=O)CC(=O)CSc1ncnc2c1nnn2-c1cccc(Cl)c1. The van der Waals surface area contributed by atoms with Crippen LogP contribution in [0.1, 0.15) is 13.3 Å². The molecule has 0 unspecified atom stereocenters. The van der Waals surface area contributed by atoms with E-state index in [0.29, 0.717) is 26.9 Å². The van der Waals surface area contributed by atoms with Gasteiger partial charge < -0.3 is 4.74 Å². The van der Waals surface area contributed by atoms with Crippen LogP contribution in [-0.2, 0) is 14.3 Å². The minimum atomic E-state index is -0.530. The van der Waals surface area contributed by atoms with E-state index in [1.165, 1.54) is 18.1 Å². The smallest absolute Gasteiger partial charge is 0.313 e. The Morgan fingerprint density at radius 1 is 1.31 bits per heavy atom. The molecule has 0 fully saturated rings. The molecular formula is C16H14ClN5O3S. The number of carbonyl (C=O) groups excluding carboxylic acids is 2. The Morgan fingerprint density at radius 2 is 2.15 bits per heavy atom. The van der Waals surface area contributed by atoms with Crippen molar-refractivity contribution >= 4 is 46.3 Å². The van der Waals surface area contributed by atoms with Gasteiger partial charge >= 0.3 is 5.97 Å². The minimum Gasteiger partial charge on any atom is -0.466 e. The van der Waals surface area contributed by atoms with Crippen LogP contribution in [0.5, 0.6) is 0 Å². The fraction of sp³-hybridized carbons (Fsp3) is 0.250. The lowest BCUT2D eigenvalue weighted by atomic mass is 10.3. The molecule has 3 rings (SSSR count). The van der Waals surface area contributed by atoms with Gasteiger partial charge in [0.05, 0.1) is 18.0 Å². The van der Waals surface area contributed by atoms with Crippen LogP contribution in [0.3, 0.4) is 0 Å². The zero-order valence-electron chi connectivity index (χ0n) is 13.8. The highest BCUT2D eigenvalue weighted by Crippen LogP contribution is 2.25. The zero-order valence-corrected chi connectivity index (χ0v) is 15.3. The molecule has 0 saturated heterocycles. The molecule has 3 aromatic rings. The van der Waals surface area contributed by atoms with Gasteiger partial charge in [0.2, 0.25) is 0 Å². The average Bonchev–Trinajstić information content (AvgIpc) is 3.05. The van der Waals surface area contributed by atoms with Crippen LogP contribution in [0.25, 0.3) is 16.9 Å². The van der Waals surface area contributed by atoms with Crippen molar-refractivity contribution in [2.75, 3.05) is 12.4 Å². The standard InChI is InChI=1S/C16H14ClN5O3S/c1-2-25-13(24)7-12(23)8-26-16-14-15(18-9-19-16)22(21-20-14)11-5-3-4-10(17)6-11/h3-6,9H,2,7-8H2,1H3. The highest BCUT2D eigenvalue weighted by molar-refractivity contribution is 8.00. The number of esters is 1.